The summed E-state index contributed by atoms with van der Waals surface area (Å²) < 4.78 is 6.80. The molecule has 0 bridgehead atoms. The number of nitrogens with one attached hydrogen (secondary N) is 1. The van der Waals surface area contributed by atoms with Gasteiger partial charge in [-0.15, -0.1) is 0 Å². The Morgan fingerprint density at radius 2 is 2.30 bits per heavy atom. The Kier molecular flexibility index (Phi) is 5.97. The zero-order valence-corrected chi connectivity index (χ0v) is 14.0. The van der Waals surface area contributed by atoms with Gasteiger partial charge in [0, 0.05) is 58.5 Å². The molecular weight excluding hydrogens is 298 g/mol. The Labute approximate surface area is 136 Å². The van der Waals surface area contributed by atoms with E-state index in [4.69, 9.17) is 4.74 Å². The van der Waals surface area contributed by atoms with E-state index in [1.807, 2.05) is 13.2 Å². The van der Waals surface area contributed by atoms with Gasteiger partial charge >= 0.3 is 6.03 Å². The molecule has 1 aliphatic heterocycles. The Hall–Kier alpha value is -2.09. The van der Waals surface area contributed by atoms with Gasteiger partial charge < -0.3 is 19.9 Å². The molecule has 1 aromatic rings. The number of aromatic nitrogens is 2. The van der Waals surface area contributed by atoms with Crippen molar-refractivity contribution in [3.05, 3.63) is 18.0 Å². The van der Waals surface area contributed by atoms with Gasteiger partial charge in [0.25, 0.3) is 0 Å². The maximum Gasteiger partial charge on any atom is 0.318 e. The van der Waals surface area contributed by atoms with Crippen LogP contribution in [-0.4, -0.2) is 71.4 Å². The maximum absolute atomic E-state index is 12.5. The molecule has 1 aliphatic rings. The third-order valence-corrected chi connectivity index (χ3v) is 3.94. The van der Waals surface area contributed by atoms with Crippen molar-refractivity contribution in [3.8, 4) is 0 Å². The van der Waals surface area contributed by atoms with E-state index in [9.17, 15) is 9.59 Å². The number of nitrogens with zero attached hydrogens (tertiary/aromatic N) is 4. The molecule has 8 nitrogen and oxygen atoms in total. The number of amides is 3. The minimum absolute atomic E-state index is 0.0101. The number of rotatable bonds is 6. The molecule has 1 N–H and O–H groups in total. The van der Waals surface area contributed by atoms with Gasteiger partial charge in [-0.05, 0) is 6.42 Å². The Morgan fingerprint density at radius 1 is 1.52 bits per heavy atom. The maximum atomic E-state index is 12.5. The number of likely N-dealkylation sites (N-methyl/N-ethyl adjacent to an activating group) is 1. The molecule has 3 amide bonds. The highest BCUT2D eigenvalue weighted by Gasteiger charge is 2.25. The van der Waals surface area contributed by atoms with Crippen LogP contribution in [0.3, 0.4) is 0 Å². The summed E-state index contributed by atoms with van der Waals surface area (Å²) in [5, 5.41) is 7.14. The number of urea groups is 1. The van der Waals surface area contributed by atoms with Crippen LogP contribution in [0.5, 0.6) is 0 Å². The summed E-state index contributed by atoms with van der Waals surface area (Å²) in [6, 6.07) is -0.150. The Balaban J connectivity index is 1.94. The topological polar surface area (TPSA) is 79.7 Å². The van der Waals surface area contributed by atoms with Crippen LogP contribution in [0.1, 0.15) is 18.4 Å². The third kappa shape index (κ3) is 4.95. The smallest absolute Gasteiger partial charge is 0.318 e. The molecule has 0 saturated carbocycles. The van der Waals surface area contributed by atoms with Crippen LogP contribution < -0.4 is 5.32 Å². The lowest BCUT2D eigenvalue weighted by molar-refractivity contribution is -0.132. The van der Waals surface area contributed by atoms with Crippen LogP contribution in [-0.2, 0) is 23.1 Å². The van der Waals surface area contributed by atoms with E-state index in [-0.39, 0.29) is 18.0 Å². The summed E-state index contributed by atoms with van der Waals surface area (Å²) in [4.78, 5) is 27.4. The molecule has 128 valence electrons. The van der Waals surface area contributed by atoms with Gasteiger partial charge in [0.05, 0.1) is 19.3 Å². The second-order valence-electron chi connectivity index (χ2n) is 5.90. The Morgan fingerprint density at radius 3 is 2.91 bits per heavy atom. The second-order valence-corrected chi connectivity index (χ2v) is 5.90. The van der Waals surface area contributed by atoms with Crippen LogP contribution in [0.15, 0.2) is 12.4 Å². The lowest BCUT2D eigenvalue weighted by Gasteiger charge is -2.32. The predicted octanol–water partition coefficient (Wildman–Crippen LogP) is 0.199. The van der Waals surface area contributed by atoms with E-state index in [1.165, 1.54) is 0 Å². The van der Waals surface area contributed by atoms with Gasteiger partial charge in [-0.25, -0.2) is 4.79 Å². The molecule has 1 atom stereocenters. The molecule has 2 heterocycles. The van der Waals surface area contributed by atoms with Crippen LogP contribution in [0, 0.1) is 0 Å². The van der Waals surface area contributed by atoms with Crippen molar-refractivity contribution in [1.29, 1.82) is 0 Å². The summed E-state index contributed by atoms with van der Waals surface area (Å²) in [5.74, 6) is 0.127. The zero-order valence-electron chi connectivity index (χ0n) is 14.0. The van der Waals surface area contributed by atoms with Crippen molar-refractivity contribution in [1.82, 2.24) is 24.9 Å². The first-order valence-electron chi connectivity index (χ1n) is 7.75. The van der Waals surface area contributed by atoms with E-state index in [0.717, 1.165) is 5.56 Å². The van der Waals surface area contributed by atoms with E-state index in [0.29, 0.717) is 39.1 Å². The number of piperidine rings is 1. The van der Waals surface area contributed by atoms with Crippen molar-refractivity contribution >= 4 is 11.9 Å². The molecule has 8 heteroatoms. The minimum atomic E-state index is -0.140. The van der Waals surface area contributed by atoms with Gasteiger partial charge in [-0.3, -0.25) is 9.48 Å². The first-order chi connectivity index (χ1) is 11.0. The molecule has 0 aliphatic carbocycles. The lowest BCUT2D eigenvalue weighted by Crippen LogP contribution is -2.52. The summed E-state index contributed by atoms with van der Waals surface area (Å²) in [7, 11) is 5.22. The normalized spacial score (nSPS) is 18.1. The van der Waals surface area contributed by atoms with E-state index in [1.54, 1.807) is 34.8 Å². The number of hydrogen-bond acceptors (Lipinski definition) is 4. The van der Waals surface area contributed by atoms with Crippen molar-refractivity contribution in [2.45, 2.75) is 25.4 Å². The van der Waals surface area contributed by atoms with Crippen LogP contribution >= 0.6 is 0 Å². The number of hydrogen-bond donors (Lipinski definition) is 1. The first-order valence-corrected chi connectivity index (χ1v) is 7.75. The fourth-order valence-electron chi connectivity index (χ4n) is 2.62. The number of carbonyl (C=O) groups excluding carboxylic acids is 2. The molecule has 1 fully saturated rings. The fourth-order valence-corrected chi connectivity index (χ4v) is 2.62. The minimum Gasteiger partial charge on any atom is -0.383 e. The van der Waals surface area contributed by atoms with E-state index < -0.39 is 0 Å². The quantitative estimate of drug-likeness (QED) is 0.811. The third-order valence-electron chi connectivity index (χ3n) is 3.94. The van der Waals surface area contributed by atoms with Crippen molar-refractivity contribution < 1.29 is 14.3 Å². The molecular formula is C15H25N5O3. The molecule has 23 heavy (non-hydrogen) atoms. The predicted molar refractivity (Wildman–Crippen MR) is 84.7 cm³/mol. The summed E-state index contributed by atoms with van der Waals surface area (Å²) in [5.41, 5.74) is 0.967. The van der Waals surface area contributed by atoms with Gasteiger partial charge in [-0.2, -0.15) is 5.10 Å². The van der Waals surface area contributed by atoms with Gasteiger partial charge in [0.2, 0.25) is 5.91 Å². The molecule has 1 saturated heterocycles. The van der Waals surface area contributed by atoms with Crippen LogP contribution in [0.2, 0.25) is 0 Å². The van der Waals surface area contributed by atoms with Crippen molar-refractivity contribution in [2.24, 2.45) is 7.05 Å². The van der Waals surface area contributed by atoms with Gasteiger partial charge in [0.15, 0.2) is 0 Å². The average Bonchev–Trinajstić information content (AvgIpc) is 2.92. The second kappa shape index (κ2) is 7.96. The number of likely N-dealkylation sites (tertiary alicyclic amines) is 1. The monoisotopic (exact) mass is 323 g/mol. The van der Waals surface area contributed by atoms with Crippen molar-refractivity contribution in [3.63, 3.8) is 0 Å². The van der Waals surface area contributed by atoms with Crippen molar-refractivity contribution in [2.75, 3.05) is 33.9 Å². The number of carbonyl (C=O) groups is 2. The molecule has 0 unspecified atom stereocenters. The summed E-state index contributed by atoms with van der Waals surface area (Å²) in [6.07, 6.45) is 4.79. The van der Waals surface area contributed by atoms with E-state index in [2.05, 4.69) is 10.4 Å². The Bertz CT molecular complexity index is 545. The van der Waals surface area contributed by atoms with Gasteiger partial charge in [0.1, 0.15) is 0 Å². The number of methoxy groups -OCH3 is 1. The SMILES string of the molecule is COCCN(Cc1cnn(C)c1)C(=O)N[C@H]1CCC(=O)N(C)C1. The fraction of sp³-hybridized carbons (Fsp3) is 0.667. The molecule has 0 aromatic carbocycles. The highest BCUT2D eigenvalue weighted by atomic mass is 16.5. The van der Waals surface area contributed by atoms with E-state index >= 15 is 0 Å². The molecule has 1 aromatic heterocycles. The standard InChI is InChI=1S/C15H25N5O3/c1-18-11-13(4-5-14(18)21)17-15(22)20(6-7-23-3)10-12-8-16-19(2)9-12/h8-9,13H,4-7,10-11H2,1-3H3,(H,17,22)/t13-/m0/s1. The molecule has 2 rings (SSSR count). The largest absolute Gasteiger partial charge is 0.383 e. The molecule has 0 spiro atoms. The average molecular weight is 323 g/mol. The van der Waals surface area contributed by atoms with Crippen LogP contribution in [0.25, 0.3) is 0 Å². The number of ether oxygens (including phenoxy) is 1. The first kappa shape index (κ1) is 17.3. The van der Waals surface area contributed by atoms with Crippen LogP contribution in [0.4, 0.5) is 4.79 Å². The summed E-state index contributed by atoms with van der Waals surface area (Å²) >= 11 is 0. The summed E-state index contributed by atoms with van der Waals surface area (Å²) in [6.45, 7) is 2.00. The lowest BCUT2D eigenvalue weighted by atomic mass is 10.1. The van der Waals surface area contributed by atoms with Gasteiger partial charge in [-0.1, -0.05) is 0 Å². The zero-order chi connectivity index (χ0) is 16.8. The number of aryl methyl sites for hydroxylation is 1. The molecule has 0 radical (unpaired) electrons. The highest BCUT2D eigenvalue weighted by molar-refractivity contribution is 5.78. The highest BCUT2D eigenvalue weighted by Crippen LogP contribution is 2.11.